The molecule has 0 aliphatic carbocycles. The second kappa shape index (κ2) is 19.6. The summed E-state index contributed by atoms with van der Waals surface area (Å²) in [4.78, 5) is 9.85. The SMILES string of the molecule is CCCCCCCCCCCCCCC#CC#CCOC=O. The van der Waals surface area contributed by atoms with Crippen LogP contribution >= 0.6 is 0 Å². The Balaban J connectivity index is 3.15. The maximum atomic E-state index is 9.85. The molecule has 124 valence electrons. The molecule has 2 nitrogen and oxygen atoms in total. The van der Waals surface area contributed by atoms with Crippen molar-refractivity contribution >= 4 is 6.47 Å². The van der Waals surface area contributed by atoms with Gasteiger partial charge in [-0.3, -0.25) is 4.79 Å². The molecule has 0 heterocycles. The molecule has 0 radical (unpaired) electrons. The van der Waals surface area contributed by atoms with Crippen molar-refractivity contribution in [1.82, 2.24) is 0 Å². The molecule has 0 unspecified atom stereocenters. The van der Waals surface area contributed by atoms with Crippen molar-refractivity contribution in [3.05, 3.63) is 0 Å². The molecule has 0 saturated heterocycles. The third kappa shape index (κ3) is 18.6. The molecule has 0 aromatic rings. The van der Waals surface area contributed by atoms with Crippen LogP contribution in [-0.4, -0.2) is 13.1 Å². The minimum Gasteiger partial charge on any atom is -0.455 e. The molecule has 0 spiro atoms. The van der Waals surface area contributed by atoms with Gasteiger partial charge in [0.05, 0.1) is 0 Å². The molecule has 0 saturated carbocycles. The number of carbonyl (C=O) groups is 1. The zero-order valence-corrected chi connectivity index (χ0v) is 14.3. The van der Waals surface area contributed by atoms with Gasteiger partial charge >= 0.3 is 0 Å². The average molecular weight is 304 g/mol. The van der Waals surface area contributed by atoms with Gasteiger partial charge in [0, 0.05) is 6.42 Å². The van der Waals surface area contributed by atoms with E-state index in [2.05, 4.69) is 35.3 Å². The maximum Gasteiger partial charge on any atom is 0.294 e. The lowest BCUT2D eigenvalue weighted by molar-refractivity contribution is -0.127. The quantitative estimate of drug-likeness (QED) is 0.249. The summed E-state index contributed by atoms with van der Waals surface area (Å²) in [5, 5.41) is 0. The van der Waals surface area contributed by atoms with Gasteiger partial charge in [0.15, 0.2) is 6.61 Å². The molecular weight excluding hydrogens is 272 g/mol. The summed E-state index contributed by atoms with van der Waals surface area (Å²) in [5.41, 5.74) is 0. The highest BCUT2D eigenvalue weighted by Crippen LogP contribution is 2.12. The third-order valence-corrected chi connectivity index (χ3v) is 3.62. The third-order valence-electron chi connectivity index (χ3n) is 3.62. The van der Waals surface area contributed by atoms with Crippen LogP contribution in [0.4, 0.5) is 0 Å². The van der Waals surface area contributed by atoms with Gasteiger partial charge in [-0.25, -0.2) is 0 Å². The van der Waals surface area contributed by atoms with E-state index in [9.17, 15) is 4.79 Å². The van der Waals surface area contributed by atoms with Crippen molar-refractivity contribution in [2.75, 3.05) is 6.61 Å². The Hall–Kier alpha value is -1.41. The Bertz CT molecular complexity index is 351. The molecule has 0 aliphatic heterocycles. The van der Waals surface area contributed by atoms with E-state index in [1.54, 1.807) is 0 Å². The molecule has 0 atom stereocenters. The molecule has 2 heteroatoms. The molecule has 0 N–H and O–H groups in total. The summed E-state index contributed by atoms with van der Waals surface area (Å²) in [6.45, 7) is 2.80. The fourth-order valence-electron chi connectivity index (χ4n) is 2.32. The van der Waals surface area contributed by atoms with Gasteiger partial charge in [-0.1, -0.05) is 83.5 Å². The summed E-state index contributed by atoms with van der Waals surface area (Å²) in [6.07, 6.45) is 17.3. The van der Waals surface area contributed by atoms with Crippen LogP contribution in [0.15, 0.2) is 0 Å². The normalized spacial score (nSPS) is 9.32. The van der Waals surface area contributed by atoms with Crippen LogP contribution in [0, 0.1) is 23.7 Å². The van der Waals surface area contributed by atoms with Gasteiger partial charge in [0.2, 0.25) is 0 Å². The van der Waals surface area contributed by atoms with Gasteiger partial charge in [-0.2, -0.15) is 0 Å². The Morgan fingerprint density at radius 2 is 1.23 bits per heavy atom. The van der Waals surface area contributed by atoms with Crippen LogP contribution in [0.5, 0.6) is 0 Å². The fourth-order valence-corrected chi connectivity index (χ4v) is 2.32. The monoisotopic (exact) mass is 304 g/mol. The van der Waals surface area contributed by atoms with E-state index in [-0.39, 0.29) is 6.61 Å². The van der Waals surface area contributed by atoms with Gasteiger partial charge in [-0.15, -0.1) is 0 Å². The average Bonchev–Trinajstić information content (AvgIpc) is 2.54. The zero-order valence-electron chi connectivity index (χ0n) is 14.3. The van der Waals surface area contributed by atoms with Crippen molar-refractivity contribution in [2.24, 2.45) is 0 Å². The predicted octanol–water partition coefficient (Wildman–Crippen LogP) is 5.26. The number of ether oxygens (including phenoxy) is 1. The minimum atomic E-state index is 0.136. The van der Waals surface area contributed by atoms with Crippen molar-refractivity contribution < 1.29 is 9.53 Å². The second-order valence-electron chi connectivity index (χ2n) is 5.65. The molecule has 0 fully saturated rings. The minimum absolute atomic E-state index is 0.136. The largest absolute Gasteiger partial charge is 0.455 e. The fraction of sp³-hybridized carbons (Fsp3) is 0.750. The van der Waals surface area contributed by atoms with E-state index in [0.717, 1.165) is 12.8 Å². The lowest BCUT2D eigenvalue weighted by atomic mass is 10.0. The molecule has 0 bridgehead atoms. The smallest absolute Gasteiger partial charge is 0.294 e. The van der Waals surface area contributed by atoms with E-state index in [4.69, 9.17) is 0 Å². The number of rotatable bonds is 14. The van der Waals surface area contributed by atoms with E-state index < -0.39 is 0 Å². The summed E-state index contributed by atoms with van der Waals surface area (Å²) < 4.78 is 4.44. The summed E-state index contributed by atoms with van der Waals surface area (Å²) in [5.74, 6) is 11.1. The molecule has 22 heavy (non-hydrogen) atoms. The summed E-state index contributed by atoms with van der Waals surface area (Å²) >= 11 is 0. The number of hydrogen-bond acceptors (Lipinski definition) is 2. The Kier molecular flexibility index (Phi) is 18.3. The predicted molar refractivity (Wildman–Crippen MR) is 93.3 cm³/mol. The van der Waals surface area contributed by atoms with Crippen LogP contribution in [0.1, 0.15) is 90.4 Å². The first kappa shape index (κ1) is 20.6. The van der Waals surface area contributed by atoms with Crippen LogP contribution in [0.2, 0.25) is 0 Å². The van der Waals surface area contributed by atoms with Crippen LogP contribution in [-0.2, 0) is 9.53 Å². The lowest BCUT2D eigenvalue weighted by Crippen LogP contribution is -1.85. The molecule has 0 aromatic heterocycles. The second-order valence-corrected chi connectivity index (χ2v) is 5.65. The lowest BCUT2D eigenvalue weighted by Gasteiger charge is -2.01. The summed E-state index contributed by atoms with van der Waals surface area (Å²) in [6, 6.07) is 0. The first-order chi connectivity index (χ1) is 10.9. The van der Waals surface area contributed by atoms with E-state index >= 15 is 0 Å². The van der Waals surface area contributed by atoms with Gasteiger partial charge in [0.1, 0.15) is 0 Å². The van der Waals surface area contributed by atoms with Gasteiger partial charge < -0.3 is 4.74 Å². The highest BCUT2D eigenvalue weighted by molar-refractivity contribution is 5.38. The number of unbranched alkanes of at least 4 members (excludes halogenated alkanes) is 12. The van der Waals surface area contributed by atoms with Gasteiger partial charge in [0.25, 0.3) is 6.47 Å². The van der Waals surface area contributed by atoms with Crippen molar-refractivity contribution in [1.29, 1.82) is 0 Å². The Morgan fingerprint density at radius 3 is 1.77 bits per heavy atom. The molecule has 0 aliphatic rings. The first-order valence-corrected chi connectivity index (χ1v) is 8.92. The topological polar surface area (TPSA) is 26.3 Å². The summed E-state index contributed by atoms with van der Waals surface area (Å²) in [7, 11) is 0. The number of hydrogen-bond donors (Lipinski definition) is 0. The van der Waals surface area contributed by atoms with Crippen LogP contribution in [0.25, 0.3) is 0 Å². The molecule has 0 amide bonds. The first-order valence-electron chi connectivity index (χ1n) is 8.92. The van der Waals surface area contributed by atoms with E-state index in [1.807, 2.05) is 0 Å². The zero-order chi connectivity index (χ0) is 16.1. The molecular formula is C20H32O2. The van der Waals surface area contributed by atoms with E-state index in [1.165, 1.54) is 70.6 Å². The Labute approximate surface area is 137 Å². The highest BCUT2D eigenvalue weighted by Gasteiger charge is 1.92. The molecule has 0 rings (SSSR count). The van der Waals surface area contributed by atoms with Crippen LogP contribution < -0.4 is 0 Å². The Morgan fingerprint density at radius 1 is 0.727 bits per heavy atom. The van der Waals surface area contributed by atoms with Crippen LogP contribution in [0.3, 0.4) is 0 Å². The van der Waals surface area contributed by atoms with Gasteiger partial charge in [-0.05, 0) is 24.2 Å². The standard InChI is InChI=1S/C20H32O2/c1-2-3-4-5-6-7-8-9-10-11-12-13-14-15-16-17-18-19-22-20-21/h20H,2-14,19H2,1H3. The highest BCUT2D eigenvalue weighted by atomic mass is 16.5. The van der Waals surface area contributed by atoms with E-state index in [0.29, 0.717) is 6.47 Å². The van der Waals surface area contributed by atoms with Crippen molar-refractivity contribution in [2.45, 2.75) is 90.4 Å². The van der Waals surface area contributed by atoms with Crippen molar-refractivity contribution in [3.8, 4) is 23.7 Å². The maximum absolute atomic E-state index is 9.85. The molecule has 0 aromatic carbocycles. The number of carbonyl (C=O) groups excluding carboxylic acids is 1. The van der Waals surface area contributed by atoms with Crippen molar-refractivity contribution in [3.63, 3.8) is 0 Å².